The monoisotopic (exact) mass is 273 g/mol. The number of rotatable bonds is 3. The number of likely N-dealkylation sites (tertiary alicyclic amines) is 1. The van der Waals surface area contributed by atoms with Crippen LogP contribution in [0.5, 0.6) is 0 Å². The molecule has 0 aliphatic carbocycles. The second-order valence-corrected chi connectivity index (χ2v) is 4.66. The molecule has 1 fully saturated rings. The summed E-state index contributed by atoms with van der Waals surface area (Å²) in [6.45, 7) is 1.03. The van der Waals surface area contributed by atoms with E-state index in [0.717, 1.165) is 18.6 Å². The van der Waals surface area contributed by atoms with Crippen molar-refractivity contribution in [1.29, 1.82) is 0 Å². The highest BCUT2D eigenvalue weighted by atomic mass is 19.4. The van der Waals surface area contributed by atoms with Crippen molar-refractivity contribution in [2.75, 3.05) is 6.54 Å². The molecule has 1 N–H and O–H groups in total. The van der Waals surface area contributed by atoms with Gasteiger partial charge in [-0.25, -0.2) is 0 Å². The number of benzene rings is 1. The SMILES string of the molecule is O=C(O)[C@@H]1CCCN1Cc1ccc(C(F)(F)F)cc1. The van der Waals surface area contributed by atoms with E-state index in [2.05, 4.69) is 0 Å². The lowest BCUT2D eigenvalue weighted by Crippen LogP contribution is -2.35. The summed E-state index contributed by atoms with van der Waals surface area (Å²) in [5, 5.41) is 9.02. The molecule has 1 atom stereocenters. The summed E-state index contributed by atoms with van der Waals surface area (Å²) in [4.78, 5) is 12.8. The smallest absolute Gasteiger partial charge is 0.416 e. The van der Waals surface area contributed by atoms with Gasteiger partial charge in [-0.1, -0.05) is 12.1 Å². The van der Waals surface area contributed by atoms with Crippen LogP contribution in [-0.2, 0) is 17.5 Å². The highest BCUT2D eigenvalue weighted by Gasteiger charge is 2.31. The van der Waals surface area contributed by atoms with Crippen molar-refractivity contribution < 1.29 is 23.1 Å². The molecule has 0 unspecified atom stereocenters. The first-order chi connectivity index (χ1) is 8.88. The molecule has 0 bridgehead atoms. The molecule has 0 spiro atoms. The molecule has 1 aromatic carbocycles. The second-order valence-electron chi connectivity index (χ2n) is 4.66. The lowest BCUT2D eigenvalue weighted by molar-refractivity contribution is -0.142. The highest BCUT2D eigenvalue weighted by Crippen LogP contribution is 2.29. The highest BCUT2D eigenvalue weighted by molar-refractivity contribution is 5.73. The van der Waals surface area contributed by atoms with Crippen LogP contribution in [0.4, 0.5) is 13.2 Å². The van der Waals surface area contributed by atoms with Gasteiger partial charge >= 0.3 is 12.1 Å². The Kier molecular flexibility index (Phi) is 3.80. The summed E-state index contributed by atoms with van der Waals surface area (Å²) in [6, 6.07) is 4.34. The fourth-order valence-corrected chi connectivity index (χ4v) is 2.33. The van der Waals surface area contributed by atoms with E-state index in [1.807, 2.05) is 0 Å². The molecule has 1 aromatic rings. The van der Waals surface area contributed by atoms with Crippen LogP contribution in [0.1, 0.15) is 24.0 Å². The van der Waals surface area contributed by atoms with Crippen molar-refractivity contribution in [3.05, 3.63) is 35.4 Å². The lowest BCUT2D eigenvalue weighted by Gasteiger charge is -2.21. The normalized spacial score (nSPS) is 20.7. The Morgan fingerprint density at radius 3 is 2.47 bits per heavy atom. The van der Waals surface area contributed by atoms with Crippen molar-refractivity contribution in [2.24, 2.45) is 0 Å². The van der Waals surface area contributed by atoms with Crippen LogP contribution >= 0.6 is 0 Å². The second kappa shape index (κ2) is 5.21. The fraction of sp³-hybridized carbons (Fsp3) is 0.462. The number of hydrogen-bond donors (Lipinski definition) is 1. The van der Waals surface area contributed by atoms with Crippen LogP contribution in [0.2, 0.25) is 0 Å². The molecule has 1 saturated heterocycles. The average Bonchev–Trinajstić information content (AvgIpc) is 2.77. The average molecular weight is 273 g/mol. The van der Waals surface area contributed by atoms with Gasteiger partial charge < -0.3 is 5.11 Å². The number of alkyl halides is 3. The number of halogens is 3. The summed E-state index contributed by atoms with van der Waals surface area (Å²) in [5.41, 5.74) is 0.00797. The van der Waals surface area contributed by atoms with Gasteiger partial charge in [-0.15, -0.1) is 0 Å². The minimum absolute atomic E-state index is 0.370. The summed E-state index contributed by atoms with van der Waals surface area (Å²) < 4.78 is 37.2. The zero-order chi connectivity index (χ0) is 14.0. The topological polar surface area (TPSA) is 40.5 Å². The Labute approximate surface area is 108 Å². The quantitative estimate of drug-likeness (QED) is 0.920. The standard InChI is InChI=1S/C13H14F3NO2/c14-13(15,16)10-5-3-9(4-6-10)8-17-7-1-2-11(17)12(18)19/h3-6,11H,1-2,7-8H2,(H,18,19)/t11-/m0/s1. The first-order valence-electron chi connectivity index (χ1n) is 6.01. The number of carboxylic acids is 1. The minimum Gasteiger partial charge on any atom is -0.480 e. The van der Waals surface area contributed by atoms with E-state index in [4.69, 9.17) is 5.11 Å². The molecule has 104 valence electrons. The molecule has 2 rings (SSSR count). The summed E-state index contributed by atoms with van der Waals surface area (Å²) in [7, 11) is 0. The summed E-state index contributed by atoms with van der Waals surface area (Å²) in [5.74, 6) is -0.871. The van der Waals surface area contributed by atoms with Crippen molar-refractivity contribution >= 4 is 5.97 Å². The first kappa shape index (κ1) is 13.9. The number of carbonyl (C=O) groups is 1. The van der Waals surface area contributed by atoms with E-state index in [1.54, 1.807) is 4.90 Å². The number of aliphatic carboxylic acids is 1. The Balaban J connectivity index is 2.06. The zero-order valence-electron chi connectivity index (χ0n) is 10.2. The van der Waals surface area contributed by atoms with Crippen LogP contribution in [0.15, 0.2) is 24.3 Å². The van der Waals surface area contributed by atoms with Crippen LogP contribution in [-0.4, -0.2) is 28.6 Å². The molecular weight excluding hydrogens is 259 g/mol. The Hall–Kier alpha value is -1.56. The predicted octanol–water partition coefficient (Wildman–Crippen LogP) is 2.75. The Morgan fingerprint density at radius 1 is 1.32 bits per heavy atom. The molecule has 0 aromatic heterocycles. The Morgan fingerprint density at radius 2 is 1.95 bits per heavy atom. The van der Waals surface area contributed by atoms with Crippen molar-refractivity contribution in [3.63, 3.8) is 0 Å². The van der Waals surface area contributed by atoms with Crippen LogP contribution < -0.4 is 0 Å². The van der Waals surface area contributed by atoms with E-state index < -0.39 is 23.8 Å². The van der Waals surface area contributed by atoms with Gasteiger partial charge in [0.05, 0.1) is 5.56 Å². The molecule has 3 nitrogen and oxygen atoms in total. The van der Waals surface area contributed by atoms with Crippen LogP contribution in [0.25, 0.3) is 0 Å². The van der Waals surface area contributed by atoms with Gasteiger partial charge in [-0.2, -0.15) is 13.2 Å². The van der Waals surface area contributed by atoms with Gasteiger partial charge in [0.2, 0.25) is 0 Å². The van der Waals surface area contributed by atoms with E-state index in [9.17, 15) is 18.0 Å². The minimum atomic E-state index is -4.34. The van der Waals surface area contributed by atoms with Gasteiger partial charge in [0.15, 0.2) is 0 Å². The summed E-state index contributed by atoms with van der Waals surface area (Å²) in [6.07, 6.45) is -2.94. The first-order valence-corrected chi connectivity index (χ1v) is 6.01. The zero-order valence-corrected chi connectivity index (χ0v) is 10.2. The maximum atomic E-state index is 12.4. The molecular formula is C13H14F3NO2. The molecule has 0 radical (unpaired) electrons. The maximum absolute atomic E-state index is 12.4. The third-order valence-corrected chi connectivity index (χ3v) is 3.32. The molecule has 19 heavy (non-hydrogen) atoms. The maximum Gasteiger partial charge on any atom is 0.416 e. The molecule has 1 heterocycles. The molecule has 1 aliphatic heterocycles. The lowest BCUT2D eigenvalue weighted by atomic mass is 10.1. The van der Waals surface area contributed by atoms with Gasteiger partial charge in [0, 0.05) is 6.54 Å². The fourth-order valence-electron chi connectivity index (χ4n) is 2.33. The summed E-state index contributed by atoms with van der Waals surface area (Å²) >= 11 is 0. The third kappa shape index (κ3) is 3.26. The van der Waals surface area contributed by atoms with Gasteiger partial charge in [-0.05, 0) is 37.1 Å². The van der Waals surface area contributed by atoms with Gasteiger partial charge in [0.25, 0.3) is 0 Å². The molecule has 0 saturated carbocycles. The van der Waals surface area contributed by atoms with Gasteiger partial charge in [0.1, 0.15) is 6.04 Å². The van der Waals surface area contributed by atoms with Gasteiger partial charge in [-0.3, -0.25) is 9.69 Å². The van der Waals surface area contributed by atoms with Crippen LogP contribution in [0, 0.1) is 0 Å². The van der Waals surface area contributed by atoms with Crippen molar-refractivity contribution in [3.8, 4) is 0 Å². The number of nitrogens with zero attached hydrogens (tertiary/aromatic N) is 1. The number of carboxylic acid groups (broad SMARTS) is 1. The van der Waals surface area contributed by atoms with E-state index in [0.29, 0.717) is 25.1 Å². The molecule has 6 heteroatoms. The van der Waals surface area contributed by atoms with E-state index >= 15 is 0 Å². The van der Waals surface area contributed by atoms with Crippen molar-refractivity contribution in [1.82, 2.24) is 4.90 Å². The van der Waals surface area contributed by atoms with Crippen LogP contribution in [0.3, 0.4) is 0 Å². The molecule has 1 aliphatic rings. The molecule has 0 amide bonds. The van der Waals surface area contributed by atoms with Crippen molar-refractivity contribution in [2.45, 2.75) is 31.6 Å². The number of hydrogen-bond acceptors (Lipinski definition) is 2. The van der Waals surface area contributed by atoms with E-state index in [-0.39, 0.29) is 0 Å². The Bertz CT molecular complexity index is 456. The van der Waals surface area contributed by atoms with E-state index in [1.165, 1.54) is 12.1 Å². The predicted molar refractivity (Wildman–Crippen MR) is 62.5 cm³/mol. The largest absolute Gasteiger partial charge is 0.480 e. The third-order valence-electron chi connectivity index (χ3n) is 3.32.